The first kappa shape index (κ1) is 21.0. The number of aliphatic imine (C=N–C) groups is 1. The molecule has 0 aliphatic carbocycles. The maximum atomic E-state index is 5.94. The fourth-order valence-electron chi connectivity index (χ4n) is 2.79. The lowest BCUT2D eigenvalue weighted by Crippen LogP contribution is -1.85. The van der Waals surface area contributed by atoms with Gasteiger partial charge in [0, 0.05) is 21.0 Å². The Morgan fingerprint density at radius 3 is 1.77 bits per heavy atom. The van der Waals surface area contributed by atoms with Crippen molar-refractivity contribution in [3.63, 3.8) is 0 Å². The van der Waals surface area contributed by atoms with Crippen LogP contribution in [0.3, 0.4) is 0 Å². The predicted octanol–water partition coefficient (Wildman–Crippen LogP) is 8.04. The second-order valence-electron chi connectivity index (χ2n) is 6.65. The number of hydrogen-bond donors (Lipinski definition) is 0. The number of ether oxygens (including phenoxy) is 2. The van der Waals surface area contributed by atoms with Gasteiger partial charge in [-0.1, -0.05) is 35.5 Å². The average Bonchev–Trinajstić information content (AvgIpc) is 2.81. The third kappa shape index (κ3) is 6.14. The Labute approximate surface area is 191 Å². The predicted molar refractivity (Wildman–Crippen MR) is 129 cm³/mol. The molecular weight excluding hydrogens is 426 g/mol. The quantitative estimate of drug-likeness (QED) is 0.269. The van der Waals surface area contributed by atoms with E-state index in [4.69, 9.17) is 21.1 Å². The lowest BCUT2D eigenvalue weighted by molar-refractivity contribution is 0.413. The van der Waals surface area contributed by atoms with Crippen LogP contribution in [0.15, 0.2) is 112 Å². The van der Waals surface area contributed by atoms with E-state index in [2.05, 4.69) is 29.3 Å². The fourth-order valence-corrected chi connectivity index (χ4v) is 3.73. The number of nitrogens with zero attached hydrogens (tertiary/aromatic N) is 1. The van der Waals surface area contributed by atoms with Gasteiger partial charge in [0.1, 0.15) is 17.2 Å². The summed E-state index contributed by atoms with van der Waals surface area (Å²) in [5.41, 5.74) is 1.90. The Kier molecular flexibility index (Phi) is 6.92. The highest BCUT2D eigenvalue weighted by Crippen LogP contribution is 2.29. The summed E-state index contributed by atoms with van der Waals surface area (Å²) in [4.78, 5) is 6.87. The number of rotatable bonds is 7. The van der Waals surface area contributed by atoms with Crippen molar-refractivity contribution in [3.05, 3.63) is 108 Å². The van der Waals surface area contributed by atoms with Crippen LogP contribution in [0.4, 0.5) is 5.69 Å². The Morgan fingerprint density at radius 1 is 0.677 bits per heavy atom. The molecule has 0 saturated carbocycles. The first-order valence-electron chi connectivity index (χ1n) is 9.67. The lowest BCUT2D eigenvalue weighted by atomic mass is 10.2. The van der Waals surface area contributed by atoms with Gasteiger partial charge in [-0.05, 0) is 90.5 Å². The molecule has 0 radical (unpaired) electrons. The minimum Gasteiger partial charge on any atom is -0.497 e. The Morgan fingerprint density at radius 2 is 1.19 bits per heavy atom. The second-order valence-corrected chi connectivity index (χ2v) is 8.24. The van der Waals surface area contributed by atoms with Gasteiger partial charge in [0.25, 0.3) is 0 Å². The summed E-state index contributed by atoms with van der Waals surface area (Å²) in [7, 11) is 1.64. The maximum absolute atomic E-state index is 5.94. The molecule has 4 aromatic rings. The van der Waals surface area contributed by atoms with E-state index < -0.39 is 0 Å². The minimum absolute atomic E-state index is 0.747. The fraction of sp³-hybridized carbons (Fsp3) is 0.0385. The van der Waals surface area contributed by atoms with Gasteiger partial charge in [-0.25, -0.2) is 0 Å². The van der Waals surface area contributed by atoms with Gasteiger partial charge in [0.15, 0.2) is 0 Å². The van der Waals surface area contributed by atoms with Crippen molar-refractivity contribution in [1.82, 2.24) is 0 Å². The molecule has 31 heavy (non-hydrogen) atoms. The molecule has 5 heteroatoms. The van der Waals surface area contributed by atoms with Gasteiger partial charge in [0.2, 0.25) is 0 Å². The molecular formula is C26H20ClNO2S. The Bertz CT molecular complexity index is 1140. The standard InChI is InChI=1S/C26H20ClNO2S/c1-29-22-10-12-24(13-11-22)30-23-8-6-21(7-9-23)28-18-19-2-14-25(15-3-19)31-26-16-4-20(27)5-17-26/h2-18H,1H3. The van der Waals surface area contributed by atoms with E-state index in [1.54, 1.807) is 18.9 Å². The number of benzene rings is 4. The van der Waals surface area contributed by atoms with Crippen LogP contribution in [0.2, 0.25) is 5.02 Å². The van der Waals surface area contributed by atoms with E-state index in [1.807, 2.05) is 79.0 Å². The first-order chi connectivity index (χ1) is 15.2. The summed E-state index contributed by atoms with van der Waals surface area (Å²) in [6.07, 6.45) is 1.86. The van der Waals surface area contributed by atoms with Crippen molar-refractivity contribution in [2.24, 2.45) is 4.99 Å². The van der Waals surface area contributed by atoms with E-state index >= 15 is 0 Å². The summed E-state index contributed by atoms with van der Waals surface area (Å²) in [6, 6.07) is 31.3. The SMILES string of the molecule is COc1ccc(Oc2ccc(N=Cc3ccc(Sc4ccc(Cl)cc4)cc3)cc2)cc1. The van der Waals surface area contributed by atoms with Gasteiger partial charge < -0.3 is 9.47 Å². The number of hydrogen-bond acceptors (Lipinski definition) is 4. The molecule has 0 aromatic heterocycles. The third-order valence-electron chi connectivity index (χ3n) is 4.42. The molecule has 154 valence electrons. The molecule has 0 N–H and O–H groups in total. The highest BCUT2D eigenvalue weighted by Gasteiger charge is 2.00. The van der Waals surface area contributed by atoms with Crippen molar-refractivity contribution in [2.45, 2.75) is 9.79 Å². The van der Waals surface area contributed by atoms with Crippen LogP contribution in [0.5, 0.6) is 17.2 Å². The highest BCUT2D eigenvalue weighted by atomic mass is 35.5. The highest BCUT2D eigenvalue weighted by molar-refractivity contribution is 7.99. The van der Waals surface area contributed by atoms with E-state index in [1.165, 1.54) is 4.90 Å². The zero-order valence-electron chi connectivity index (χ0n) is 16.9. The molecule has 0 bridgehead atoms. The van der Waals surface area contributed by atoms with Crippen molar-refractivity contribution < 1.29 is 9.47 Å². The summed E-state index contributed by atoms with van der Waals surface area (Å²) >= 11 is 7.64. The monoisotopic (exact) mass is 445 g/mol. The topological polar surface area (TPSA) is 30.8 Å². The minimum atomic E-state index is 0.747. The summed E-state index contributed by atoms with van der Waals surface area (Å²) in [5, 5.41) is 0.747. The van der Waals surface area contributed by atoms with Crippen LogP contribution in [-0.4, -0.2) is 13.3 Å². The molecule has 0 heterocycles. The van der Waals surface area contributed by atoms with Crippen LogP contribution in [0, 0.1) is 0 Å². The normalized spacial score (nSPS) is 10.9. The zero-order valence-corrected chi connectivity index (χ0v) is 18.4. The molecule has 0 aliphatic heterocycles. The van der Waals surface area contributed by atoms with Gasteiger partial charge in [-0.15, -0.1) is 0 Å². The van der Waals surface area contributed by atoms with E-state index in [0.29, 0.717) is 0 Å². The molecule has 0 fully saturated rings. The first-order valence-corrected chi connectivity index (χ1v) is 10.9. The van der Waals surface area contributed by atoms with Gasteiger partial charge >= 0.3 is 0 Å². The number of halogens is 1. The van der Waals surface area contributed by atoms with Crippen molar-refractivity contribution >= 4 is 35.3 Å². The number of methoxy groups -OCH3 is 1. The molecule has 0 atom stereocenters. The third-order valence-corrected chi connectivity index (χ3v) is 5.69. The molecule has 0 unspecified atom stereocenters. The van der Waals surface area contributed by atoms with Crippen LogP contribution in [0.25, 0.3) is 0 Å². The Hall–Kier alpha value is -3.21. The van der Waals surface area contributed by atoms with Gasteiger partial charge in [-0.3, -0.25) is 4.99 Å². The van der Waals surface area contributed by atoms with Crippen molar-refractivity contribution in [2.75, 3.05) is 7.11 Å². The molecule has 4 aromatic carbocycles. The average molecular weight is 446 g/mol. The zero-order chi connectivity index (χ0) is 21.5. The summed E-state index contributed by atoms with van der Waals surface area (Å²) < 4.78 is 11.0. The van der Waals surface area contributed by atoms with Crippen LogP contribution >= 0.6 is 23.4 Å². The summed E-state index contributed by atoms with van der Waals surface area (Å²) in [5.74, 6) is 2.31. The largest absolute Gasteiger partial charge is 0.497 e. The molecule has 3 nitrogen and oxygen atoms in total. The second kappa shape index (κ2) is 10.2. The molecule has 4 rings (SSSR count). The Balaban J connectivity index is 1.35. The van der Waals surface area contributed by atoms with E-state index in [-0.39, 0.29) is 0 Å². The van der Waals surface area contributed by atoms with Crippen LogP contribution in [-0.2, 0) is 0 Å². The molecule has 0 aliphatic rings. The maximum Gasteiger partial charge on any atom is 0.127 e. The van der Waals surface area contributed by atoms with E-state index in [0.717, 1.165) is 38.4 Å². The lowest BCUT2D eigenvalue weighted by Gasteiger charge is -2.06. The van der Waals surface area contributed by atoms with Gasteiger partial charge in [-0.2, -0.15) is 0 Å². The molecule has 0 saturated heterocycles. The van der Waals surface area contributed by atoms with Gasteiger partial charge in [0.05, 0.1) is 12.8 Å². The molecule has 0 amide bonds. The summed E-state index contributed by atoms with van der Waals surface area (Å²) in [6.45, 7) is 0. The van der Waals surface area contributed by atoms with Crippen LogP contribution < -0.4 is 9.47 Å². The van der Waals surface area contributed by atoms with E-state index in [9.17, 15) is 0 Å². The van der Waals surface area contributed by atoms with Crippen molar-refractivity contribution in [3.8, 4) is 17.2 Å². The molecule has 0 spiro atoms. The van der Waals surface area contributed by atoms with Crippen LogP contribution in [0.1, 0.15) is 5.56 Å². The smallest absolute Gasteiger partial charge is 0.127 e. The van der Waals surface area contributed by atoms with Crippen molar-refractivity contribution in [1.29, 1.82) is 0 Å².